The van der Waals surface area contributed by atoms with E-state index in [0.29, 0.717) is 28.2 Å². The molecule has 4 aromatic rings. The second-order valence-electron chi connectivity index (χ2n) is 8.79. The smallest absolute Gasteiger partial charge is 0.265 e. The Hall–Kier alpha value is -5.13. The van der Waals surface area contributed by atoms with Crippen LogP contribution in [0.2, 0.25) is 0 Å². The van der Waals surface area contributed by atoms with E-state index in [1.165, 1.54) is 47.5 Å². The second kappa shape index (κ2) is 9.88. The van der Waals surface area contributed by atoms with Gasteiger partial charge in [0.2, 0.25) is 0 Å². The average molecular weight is 545 g/mol. The van der Waals surface area contributed by atoms with Crippen molar-refractivity contribution < 1.29 is 22.0 Å². The Morgan fingerprint density at radius 3 is 2.30 bits per heavy atom. The maximum Gasteiger partial charge on any atom is 0.417 e. The monoisotopic (exact) mass is 545 g/mol. The summed E-state index contributed by atoms with van der Waals surface area (Å²) in [6, 6.07) is 14.1. The topological polar surface area (TPSA) is 82.3 Å². The predicted molar refractivity (Wildman–Crippen MR) is 135 cm³/mol. The summed E-state index contributed by atoms with van der Waals surface area (Å²) in [6.45, 7) is 0.132. The fraction of sp³-hybridized carbons (Fsp3) is 0.0714. The molecule has 2 aliphatic heterocycles. The summed E-state index contributed by atoms with van der Waals surface area (Å²) in [4.78, 5) is 12.4. The Kier molecular flexibility index (Phi) is 6.21. The van der Waals surface area contributed by atoms with Gasteiger partial charge < -0.3 is 0 Å². The minimum atomic E-state index is -4.61. The largest absolute Gasteiger partial charge is 0.417 e. The van der Waals surface area contributed by atoms with Crippen LogP contribution in [0.3, 0.4) is 0 Å². The van der Waals surface area contributed by atoms with Crippen molar-refractivity contribution in [2.75, 3.05) is 0 Å². The molecule has 40 heavy (non-hydrogen) atoms. The molecule has 2 aliphatic rings. The molecule has 0 fully saturated rings. The molecule has 0 N–H and O–H groups in total. The summed E-state index contributed by atoms with van der Waals surface area (Å²) in [5.41, 5.74) is 1.28. The van der Waals surface area contributed by atoms with Gasteiger partial charge in [-0.3, -0.25) is 9.67 Å². The van der Waals surface area contributed by atoms with Crippen molar-refractivity contribution in [2.45, 2.75) is 12.7 Å². The number of rotatable bonds is 5. The number of hydrogen-bond donors (Lipinski definition) is 0. The highest BCUT2D eigenvalue weighted by Gasteiger charge is 2.34. The van der Waals surface area contributed by atoms with Crippen LogP contribution in [-0.4, -0.2) is 34.9 Å². The van der Waals surface area contributed by atoms with Crippen LogP contribution >= 0.6 is 0 Å². The number of imidazole rings is 1. The van der Waals surface area contributed by atoms with Gasteiger partial charge in [0.05, 0.1) is 41.5 Å². The van der Waals surface area contributed by atoms with Gasteiger partial charge in [0.25, 0.3) is 0 Å². The molecule has 0 saturated carbocycles. The lowest BCUT2D eigenvalue weighted by molar-refractivity contribution is -0.137. The van der Waals surface area contributed by atoms with E-state index >= 15 is 0 Å². The third kappa shape index (κ3) is 4.86. The molecule has 2 aromatic heterocycles. The highest BCUT2D eigenvalue weighted by molar-refractivity contribution is 5.72. The van der Waals surface area contributed by atoms with E-state index in [2.05, 4.69) is 30.2 Å². The number of alkyl halides is 3. The molecule has 0 aliphatic carbocycles. The third-order valence-corrected chi connectivity index (χ3v) is 6.17. The summed E-state index contributed by atoms with van der Waals surface area (Å²) >= 11 is 0. The summed E-state index contributed by atoms with van der Waals surface area (Å²) in [7, 11) is 0. The van der Waals surface area contributed by atoms with E-state index < -0.39 is 23.4 Å². The van der Waals surface area contributed by atoms with Crippen molar-refractivity contribution in [1.29, 1.82) is 0 Å². The lowest BCUT2D eigenvalue weighted by atomic mass is 9.97. The molecule has 0 bridgehead atoms. The lowest BCUT2D eigenvalue weighted by Crippen LogP contribution is -2.10. The normalized spacial score (nSPS) is 11.7. The first kappa shape index (κ1) is 25.2. The van der Waals surface area contributed by atoms with Crippen LogP contribution in [0.5, 0.6) is 0 Å². The van der Waals surface area contributed by atoms with Gasteiger partial charge in [0, 0.05) is 18.0 Å². The first-order valence-corrected chi connectivity index (χ1v) is 11.9. The van der Waals surface area contributed by atoms with Crippen LogP contribution in [0.1, 0.15) is 11.3 Å². The minimum Gasteiger partial charge on any atom is -0.265 e. The Bertz CT molecular complexity index is 1780. The zero-order chi connectivity index (χ0) is 27.9. The van der Waals surface area contributed by atoms with E-state index in [4.69, 9.17) is 0 Å². The molecule has 0 saturated heterocycles. The van der Waals surface area contributed by atoms with Crippen LogP contribution in [-0.2, 0) is 12.7 Å². The molecule has 2 aromatic carbocycles. The van der Waals surface area contributed by atoms with Crippen molar-refractivity contribution in [3.8, 4) is 45.2 Å². The SMILES string of the molecule is Fc1cccc(-c2nc3cnn(Cc4ccc(-c5ccc(-c6ccncc6)cc5C(F)(F)F)nn4)cc-3n2)c1F. The molecule has 6 rings (SSSR count). The number of hydrogen-bond acceptors (Lipinski definition) is 6. The molecule has 7 nitrogen and oxygen atoms in total. The van der Waals surface area contributed by atoms with Crippen molar-refractivity contribution in [2.24, 2.45) is 0 Å². The fourth-order valence-electron chi connectivity index (χ4n) is 4.22. The zero-order valence-electron chi connectivity index (χ0n) is 20.3. The maximum atomic E-state index is 14.2. The maximum absolute atomic E-state index is 14.2. The number of aromatic nitrogens is 7. The number of benzene rings is 2. The average Bonchev–Trinajstić information content (AvgIpc) is 3.38. The zero-order valence-corrected chi connectivity index (χ0v) is 20.3. The van der Waals surface area contributed by atoms with E-state index in [0.717, 1.165) is 12.1 Å². The molecule has 0 unspecified atom stereocenters. The van der Waals surface area contributed by atoms with Gasteiger partial charge in [-0.2, -0.15) is 28.5 Å². The summed E-state index contributed by atoms with van der Waals surface area (Å²) < 4.78 is 71.1. The molecular weight excluding hydrogens is 529 g/mol. The molecule has 0 radical (unpaired) electrons. The molecular formula is C28H16F5N7. The van der Waals surface area contributed by atoms with Crippen LogP contribution < -0.4 is 0 Å². The van der Waals surface area contributed by atoms with Gasteiger partial charge in [-0.05, 0) is 53.6 Å². The van der Waals surface area contributed by atoms with Crippen LogP contribution in [0, 0.1) is 11.6 Å². The van der Waals surface area contributed by atoms with E-state index in [1.807, 2.05) is 0 Å². The quantitative estimate of drug-likeness (QED) is 0.236. The molecule has 198 valence electrons. The van der Waals surface area contributed by atoms with Crippen molar-refractivity contribution in [3.63, 3.8) is 0 Å². The lowest BCUT2D eigenvalue weighted by Gasteiger charge is -2.14. The summed E-state index contributed by atoms with van der Waals surface area (Å²) in [5, 5.41) is 12.4. The Morgan fingerprint density at radius 2 is 1.55 bits per heavy atom. The van der Waals surface area contributed by atoms with Crippen LogP contribution in [0.15, 0.2) is 85.5 Å². The number of fused-ring (bicyclic) bond motifs is 1. The standard InChI is InChI=1S/C28H16F5N7/c29-22-3-1-2-20(26(22)30)27-36-24-13-35-40(15-25(24)37-27)14-18-5-7-23(39-38-18)19-6-4-17(12-21(19)28(31,32)33)16-8-10-34-11-9-16/h1-13,15H,14H2. The van der Waals surface area contributed by atoms with Crippen LogP contribution in [0.4, 0.5) is 22.0 Å². The van der Waals surface area contributed by atoms with E-state index in [9.17, 15) is 22.0 Å². The number of halogens is 5. The molecule has 0 atom stereocenters. The highest BCUT2D eigenvalue weighted by Crippen LogP contribution is 2.39. The number of nitrogens with zero attached hydrogens (tertiary/aromatic N) is 7. The molecule has 4 heterocycles. The van der Waals surface area contributed by atoms with E-state index in [-0.39, 0.29) is 29.2 Å². The molecule has 0 spiro atoms. The predicted octanol–water partition coefficient (Wildman–Crippen LogP) is 6.31. The molecule has 0 amide bonds. The van der Waals surface area contributed by atoms with Gasteiger partial charge in [0.1, 0.15) is 11.4 Å². The third-order valence-electron chi connectivity index (χ3n) is 6.17. The molecule has 12 heteroatoms. The van der Waals surface area contributed by atoms with E-state index in [1.54, 1.807) is 30.5 Å². The van der Waals surface area contributed by atoms with Gasteiger partial charge in [-0.1, -0.05) is 18.2 Å². The summed E-state index contributed by atoms with van der Waals surface area (Å²) in [5.74, 6) is -2.03. The first-order chi connectivity index (χ1) is 19.3. The minimum absolute atomic E-state index is 0.0195. The van der Waals surface area contributed by atoms with Crippen LogP contribution in [0.25, 0.3) is 45.2 Å². The van der Waals surface area contributed by atoms with Gasteiger partial charge in [-0.15, -0.1) is 0 Å². The summed E-state index contributed by atoms with van der Waals surface area (Å²) in [6.07, 6.45) is 1.39. The number of pyridine rings is 1. The highest BCUT2D eigenvalue weighted by atomic mass is 19.4. The van der Waals surface area contributed by atoms with Crippen molar-refractivity contribution >= 4 is 0 Å². The van der Waals surface area contributed by atoms with Gasteiger partial charge in [0.15, 0.2) is 17.5 Å². The van der Waals surface area contributed by atoms with Crippen molar-refractivity contribution in [1.82, 2.24) is 34.9 Å². The Balaban J connectivity index is 1.26. The fourth-order valence-corrected chi connectivity index (χ4v) is 4.22. The second-order valence-corrected chi connectivity index (χ2v) is 8.79. The van der Waals surface area contributed by atoms with Gasteiger partial charge >= 0.3 is 6.18 Å². The first-order valence-electron chi connectivity index (χ1n) is 11.9. The Morgan fingerprint density at radius 1 is 0.750 bits per heavy atom. The Labute approximate surface area is 223 Å². The van der Waals surface area contributed by atoms with Gasteiger partial charge in [-0.25, -0.2) is 18.7 Å². The van der Waals surface area contributed by atoms with Crippen molar-refractivity contribution in [3.05, 3.63) is 108 Å².